The quantitative estimate of drug-likeness (QED) is 0.755. The van der Waals surface area contributed by atoms with Crippen molar-refractivity contribution in [3.63, 3.8) is 0 Å². The van der Waals surface area contributed by atoms with Gasteiger partial charge in [-0.3, -0.25) is 9.48 Å². The maximum absolute atomic E-state index is 11.9. The third-order valence-electron chi connectivity index (χ3n) is 4.29. The van der Waals surface area contributed by atoms with Crippen LogP contribution in [-0.2, 0) is 13.6 Å². The zero-order chi connectivity index (χ0) is 17.6. The molecule has 0 saturated carbocycles. The average molecular weight is 355 g/mol. The van der Waals surface area contributed by atoms with E-state index in [1.807, 2.05) is 32.2 Å². The first kappa shape index (κ1) is 15.6. The van der Waals surface area contributed by atoms with E-state index in [1.165, 1.54) is 0 Å². The van der Waals surface area contributed by atoms with Crippen molar-refractivity contribution in [3.8, 4) is 11.3 Å². The highest BCUT2D eigenvalue weighted by Gasteiger charge is 2.20. The Morgan fingerprint density at radius 2 is 2.16 bits per heavy atom. The Balaban J connectivity index is 1.72. The lowest BCUT2D eigenvalue weighted by Crippen LogP contribution is -2.12. The molecule has 0 atom stereocenters. The van der Waals surface area contributed by atoms with Crippen molar-refractivity contribution in [1.29, 1.82) is 0 Å². The number of anilines is 2. The van der Waals surface area contributed by atoms with Crippen molar-refractivity contribution in [1.82, 2.24) is 25.1 Å². The topological polar surface area (TPSA) is 84.7 Å². The van der Waals surface area contributed by atoms with E-state index in [0.29, 0.717) is 28.8 Å². The molecule has 1 aromatic carbocycles. The number of halogens is 1. The summed E-state index contributed by atoms with van der Waals surface area (Å²) < 4.78 is 1.76. The fourth-order valence-corrected chi connectivity index (χ4v) is 2.93. The first-order chi connectivity index (χ1) is 12.0. The van der Waals surface area contributed by atoms with Gasteiger partial charge in [-0.25, -0.2) is 9.97 Å². The van der Waals surface area contributed by atoms with Crippen LogP contribution >= 0.6 is 11.6 Å². The van der Waals surface area contributed by atoms with Crippen molar-refractivity contribution in [2.24, 2.45) is 7.05 Å². The molecule has 3 aromatic rings. The second-order valence-corrected chi connectivity index (χ2v) is 6.24. The number of hydrogen-bond donors (Lipinski definition) is 2. The number of carbonyl (C=O) groups is 1. The zero-order valence-corrected chi connectivity index (χ0v) is 14.4. The predicted octanol–water partition coefficient (Wildman–Crippen LogP) is 2.83. The summed E-state index contributed by atoms with van der Waals surface area (Å²) in [4.78, 5) is 20.6. The van der Waals surface area contributed by atoms with E-state index in [-0.39, 0.29) is 5.91 Å². The van der Waals surface area contributed by atoms with Gasteiger partial charge in [0.15, 0.2) is 0 Å². The Hall–Kier alpha value is -2.93. The van der Waals surface area contributed by atoms with Gasteiger partial charge in [0.25, 0.3) is 5.91 Å². The molecule has 1 aliphatic rings. The number of aryl methyl sites for hydroxylation is 1. The van der Waals surface area contributed by atoms with Gasteiger partial charge in [0, 0.05) is 24.7 Å². The van der Waals surface area contributed by atoms with Crippen molar-refractivity contribution in [2.75, 3.05) is 5.32 Å². The Morgan fingerprint density at radius 3 is 2.92 bits per heavy atom. The van der Waals surface area contributed by atoms with Crippen molar-refractivity contribution < 1.29 is 4.79 Å². The zero-order valence-electron chi connectivity index (χ0n) is 13.7. The lowest BCUT2D eigenvalue weighted by Gasteiger charge is -2.09. The minimum atomic E-state index is -0.0774. The number of rotatable bonds is 3. The second-order valence-electron chi connectivity index (χ2n) is 5.84. The van der Waals surface area contributed by atoms with Crippen LogP contribution in [0.15, 0.2) is 30.6 Å². The Bertz CT molecular complexity index is 997. The Kier molecular flexibility index (Phi) is 3.65. The van der Waals surface area contributed by atoms with Crippen LogP contribution in [-0.4, -0.2) is 25.7 Å². The van der Waals surface area contributed by atoms with Crippen LogP contribution in [0.4, 0.5) is 11.6 Å². The van der Waals surface area contributed by atoms with E-state index in [1.54, 1.807) is 17.1 Å². The summed E-state index contributed by atoms with van der Waals surface area (Å²) in [6, 6.07) is 5.64. The summed E-state index contributed by atoms with van der Waals surface area (Å²) in [5.41, 5.74) is 4.77. The maximum atomic E-state index is 11.9. The maximum Gasteiger partial charge on any atom is 0.251 e. The molecule has 0 spiro atoms. The summed E-state index contributed by atoms with van der Waals surface area (Å²) in [7, 11) is 1.87. The Morgan fingerprint density at radius 1 is 1.32 bits per heavy atom. The third kappa shape index (κ3) is 2.72. The van der Waals surface area contributed by atoms with Crippen LogP contribution in [0.1, 0.15) is 21.6 Å². The van der Waals surface area contributed by atoms with Crippen LogP contribution in [0, 0.1) is 6.92 Å². The largest absolute Gasteiger partial charge is 0.348 e. The van der Waals surface area contributed by atoms with Crippen LogP contribution in [0.25, 0.3) is 11.3 Å². The highest BCUT2D eigenvalue weighted by molar-refractivity contribution is 6.33. The molecule has 0 aliphatic carbocycles. The Labute approximate surface area is 149 Å². The molecule has 0 radical (unpaired) electrons. The molecule has 0 saturated heterocycles. The molecule has 1 aliphatic heterocycles. The molecule has 2 aromatic heterocycles. The number of fused-ring (bicyclic) bond motifs is 1. The second kappa shape index (κ2) is 5.86. The number of benzene rings is 1. The minimum absolute atomic E-state index is 0.0774. The molecular formula is C17H15ClN6O. The van der Waals surface area contributed by atoms with Crippen molar-refractivity contribution in [3.05, 3.63) is 52.4 Å². The van der Waals surface area contributed by atoms with Gasteiger partial charge in [0.2, 0.25) is 5.95 Å². The van der Waals surface area contributed by atoms with E-state index in [2.05, 4.69) is 25.7 Å². The molecule has 7 nitrogen and oxygen atoms in total. The molecule has 3 heterocycles. The van der Waals surface area contributed by atoms with E-state index < -0.39 is 0 Å². The molecule has 2 N–H and O–H groups in total. The van der Waals surface area contributed by atoms with E-state index in [0.717, 1.165) is 22.5 Å². The first-order valence-corrected chi connectivity index (χ1v) is 8.10. The average Bonchev–Trinajstić information content (AvgIpc) is 3.13. The van der Waals surface area contributed by atoms with Crippen LogP contribution < -0.4 is 10.6 Å². The van der Waals surface area contributed by atoms with E-state index >= 15 is 0 Å². The molecule has 0 unspecified atom stereocenters. The molecular weight excluding hydrogens is 340 g/mol. The summed E-state index contributed by atoms with van der Waals surface area (Å²) in [5, 5.41) is 10.6. The van der Waals surface area contributed by atoms with E-state index in [9.17, 15) is 4.79 Å². The van der Waals surface area contributed by atoms with Gasteiger partial charge in [-0.2, -0.15) is 5.10 Å². The van der Waals surface area contributed by atoms with Gasteiger partial charge in [-0.1, -0.05) is 23.7 Å². The monoisotopic (exact) mass is 354 g/mol. The lowest BCUT2D eigenvalue weighted by atomic mass is 10.0. The van der Waals surface area contributed by atoms with Gasteiger partial charge in [0.05, 0.1) is 34.5 Å². The first-order valence-electron chi connectivity index (χ1n) is 7.72. The summed E-state index contributed by atoms with van der Waals surface area (Å²) >= 11 is 6.29. The SMILES string of the molecule is Cc1c(Nc2ncc(Cl)c(-c3ccc4c(c3)C(=O)NC4)n2)cnn1C. The van der Waals surface area contributed by atoms with E-state index in [4.69, 9.17) is 11.6 Å². The highest BCUT2D eigenvalue weighted by Crippen LogP contribution is 2.30. The van der Waals surface area contributed by atoms with Gasteiger partial charge >= 0.3 is 0 Å². The minimum Gasteiger partial charge on any atom is -0.348 e. The van der Waals surface area contributed by atoms with Crippen molar-refractivity contribution in [2.45, 2.75) is 13.5 Å². The molecule has 0 fully saturated rings. The number of nitrogens with zero attached hydrogens (tertiary/aromatic N) is 4. The van der Waals surface area contributed by atoms with Crippen LogP contribution in [0.2, 0.25) is 5.02 Å². The fraction of sp³-hybridized carbons (Fsp3) is 0.176. The summed E-state index contributed by atoms with van der Waals surface area (Å²) in [6.45, 7) is 2.50. The molecule has 0 bridgehead atoms. The fourth-order valence-electron chi connectivity index (χ4n) is 2.73. The molecule has 25 heavy (non-hydrogen) atoms. The third-order valence-corrected chi connectivity index (χ3v) is 4.57. The molecule has 1 amide bonds. The number of amides is 1. The molecule has 126 valence electrons. The summed E-state index contributed by atoms with van der Waals surface area (Å²) in [5.74, 6) is 0.340. The number of carbonyl (C=O) groups excluding carboxylic acids is 1. The number of hydrogen-bond acceptors (Lipinski definition) is 5. The van der Waals surface area contributed by atoms with Gasteiger partial charge < -0.3 is 10.6 Å². The van der Waals surface area contributed by atoms with Crippen LogP contribution in [0.3, 0.4) is 0 Å². The van der Waals surface area contributed by atoms with Crippen molar-refractivity contribution >= 4 is 29.1 Å². The van der Waals surface area contributed by atoms with Crippen LogP contribution in [0.5, 0.6) is 0 Å². The lowest BCUT2D eigenvalue weighted by molar-refractivity contribution is 0.0966. The standard InChI is InChI=1S/C17H15ClN6O/c1-9-14(8-21-24(9)2)22-17-20-7-13(18)15(23-17)10-3-4-11-6-19-16(25)12(11)5-10/h3-5,7-8H,6H2,1-2H3,(H,19,25)(H,20,22,23). The molecule has 4 rings (SSSR count). The smallest absolute Gasteiger partial charge is 0.251 e. The van der Waals surface area contributed by atoms with Gasteiger partial charge in [-0.15, -0.1) is 0 Å². The normalized spacial score (nSPS) is 12.8. The van der Waals surface area contributed by atoms with Gasteiger partial charge in [0.1, 0.15) is 0 Å². The van der Waals surface area contributed by atoms with Gasteiger partial charge in [-0.05, 0) is 18.6 Å². The number of aromatic nitrogens is 4. The highest BCUT2D eigenvalue weighted by atomic mass is 35.5. The molecule has 8 heteroatoms. The number of nitrogens with one attached hydrogen (secondary N) is 2. The predicted molar refractivity (Wildman–Crippen MR) is 94.9 cm³/mol. The summed E-state index contributed by atoms with van der Waals surface area (Å²) in [6.07, 6.45) is 3.26.